The number of aromatic carboxylic acids is 1. The second-order valence-corrected chi connectivity index (χ2v) is 3.32. The molecule has 1 aliphatic heterocycles. The number of rotatable bonds is 3. The van der Waals surface area contributed by atoms with E-state index in [0.29, 0.717) is 12.2 Å². The van der Waals surface area contributed by atoms with Crippen molar-refractivity contribution in [1.82, 2.24) is 15.2 Å². The normalized spacial score (nSPS) is 18.1. The molecule has 1 saturated heterocycles. The van der Waals surface area contributed by atoms with Gasteiger partial charge in [-0.2, -0.15) is 0 Å². The number of carboxylic acids is 1. The Kier molecular flexibility index (Phi) is 2.18. The summed E-state index contributed by atoms with van der Waals surface area (Å²) in [6.07, 6.45) is 0. The van der Waals surface area contributed by atoms with E-state index < -0.39 is 5.97 Å². The lowest BCUT2D eigenvalue weighted by Crippen LogP contribution is -2.55. The van der Waals surface area contributed by atoms with Gasteiger partial charge in [-0.05, 0) is 5.16 Å². The largest absolute Gasteiger partial charge is 0.476 e. The molecule has 1 aliphatic rings. The van der Waals surface area contributed by atoms with Crippen LogP contribution in [0.15, 0.2) is 4.63 Å². The average molecular weight is 198 g/mol. The molecular formula is C7H10N4O3. The summed E-state index contributed by atoms with van der Waals surface area (Å²) in [7, 11) is 0. The van der Waals surface area contributed by atoms with E-state index in [0.717, 1.165) is 13.1 Å². The number of likely N-dealkylation sites (tertiary alicyclic amines) is 1. The van der Waals surface area contributed by atoms with Crippen LogP contribution in [0, 0.1) is 0 Å². The molecule has 7 heteroatoms. The van der Waals surface area contributed by atoms with Crippen molar-refractivity contribution in [2.75, 3.05) is 13.1 Å². The zero-order chi connectivity index (χ0) is 10.1. The molecule has 0 saturated carbocycles. The Balaban J connectivity index is 2.02. The van der Waals surface area contributed by atoms with Crippen LogP contribution in [0.25, 0.3) is 0 Å². The monoisotopic (exact) mass is 198 g/mol. The van der Waals surface area contributed by atoms with Crippen molar-refractivity contribution < 1.29 is 14.5 Å². The third-order valence-electron chi connectivity index (χ3n) is 2.12. The predicted molar refractivity (Wildman–Crippen MR) is 44.5 cm³/mol. The molecule has 1 aromatic rings. The maximum absolute atomic E-state index is 10.6. The van der Waals surface area contributed by atoms with Crippen LogP contribution in [0.3, 0.4) is 0 Å². The lowest BCUT2D eigenvalue weighted by atomic mass is 10.1. The van der Waals surface area contributed by atoms with Crippen LogP contribution < -0.4 is 5.73 Å². The molecule has 0 aliphatic carbocycles. The molecule has 0 spiro atoms. The van der Waals surface area contributed by atoms with Gasteiger partial charge in [0.1, 0.15) is 5.69 Å². The van der Waals surface area contributed by atoms with E-state index in [4.69, 9.17) is 10.8 Å². The number of hydrogen-bond donors (Lipinski definition) is 2. The minimum absolute atomic E-state index is 0.120. The zero-order valence-electron chi connectivity index (χ0n) is 7.38. The fraction of sp³-hybridized carbons (Fsp3) is 0.571. The van der Waals surface area contributed by atoms with Gasteiger partial charge in [0.05, 0.1) is 0 Å². The first kappa shape index (κ1) is 9.10. The van der Waals surface area contributed by atoms with Crippen molar-refractivity contribution in [3.05, 3.63) is 11.4 Å². The minimum atomic E-state index is -1.12. The van der Waals surface area contributed by atoms with Crippen molar-refractivity contribution in [2.45, 2.75) is 12.6 Å². The summed E-state index contributed by atoms with van der Waals surface area (Å²) in [6, 6.07) is 0.183. The highest BCUT2D eigenvalue weighted by Crippen LogP contribution is 2.12. The van der Waals surface area contributed by atoms with Gasteiger partial charge in [0.25, 0.3) is 0 Å². The quantitative estimate of drug-likeness (QED) is 0.635. The molecule has 0 bridgehead atoms. The summed E-state index contributed by atoms with van der Waals surface area (Å²) in [5.41, 5.74) is 5.81. The van der Waals surface area contributed by atoms with Crippen LogP contribution in [-0.2, 0) is 6.54 Å². The summed E-state index contributed by atoms with van der Waals surface area (Å²) in [5.74, 6) is -1.12. The second-order valence-electron chi connectivity index (χ2n) is 3.32. The van der Waals surface area contributed by atoms with E-state index >= 15 is 0 Å². The van der Waals surface area contributed by atoms with Gasteiger partial charge in [0.15, 0.2) is 0 Å². The number of nitrogens with zero attached hydrogens (tertiary/aromatic N) is 3. The van der Waals surface area contributed by atoms with Gasteiger partial charge in [-0.25, -0.2) is 9.42 Å². The van der Waals surface area contributed by atoms with Gasteiger partial charge in [-0.15, -0.1) is 0 Å². The number of aromatic nitrogens is 2. The van der Waals surface area contributed by atoms with Crippen LogP contribution in [0.1, 0.15) is 16.2 Å². The lowest BCUT2D eigenvalue weighted by Gasteiger charge is -2.35. The van der Waals surface area contributed by atoms with E-state index in [-0.39, 0.29) is 11.7 Å². The van der Waals surface area contributed by atoms with Crippen LogP contribution in [0.4, 0.5) is 0 Å². The van der Waals surface area contributed by atoms with Gasteiger partial charge in [0, 0.05) is 25.7 Å². The third kappa shape index (κ3) is 1.59. The minimum Gasteiger partial charge on any atom is -0.476 e. The van der Waals surface area contributed by atoms with E-state index in [1.807, 2.05) is 4.90 Å². The first-order chi connectivity index (χ1) is 6.66. The SMILES string of the molecule is NC1CN(Cc2nonc2C(=O)O)C1. The number of carboxylic acid groups (broad SMARTS) is 1. The Hall–Kier alpha value is -1.47. The molecular weight excluding hydrogens is 188 g/mol. The van der Waals surface area contributed by atoms with Crippen LogP contribution in [-0.4, -0.2) is 45.4 Å². The summed E-state index contributed by atoms with van der Waals surface area (Å²) < 4.78 is 4.36. The highest BCUT2D eigenvalue weighted by atomic mass is 16.6. The van der Waals surface area contributed by atoms with Crippen molar-refractivity contribution in [3.8, 4) is 0 Å². The summed E-state index contributed by atoms with van der Waals surface area (Å²) in [6.45, 7) is 1.94. The van der Waals surface area contributed by atoms with Gasteiger partial charge >= 0.3 is 5.97 Å². The molecule has 2 rings (SSSR count). The van der Waals surface area contributed by atoms with E-state index in [9.17, 15) is 4.79 Å². The Morgan fingerprint density at radius 3 is 2.93 bits per heavy atom. The van der Waals surface area contributed by atoms with Crippen molar-refractivity contribution >= 4 is 5.97 Å². The molecule has 76 valence electrons. The summed E-state index contributed by atoms with van der Waals surface area (Å²) >= 11 is 0. The third-order valence-corrected chi connectivity index (χ3v) is 2.12. The van der Waals surface area contributed by atoms with Crippen molar-refractivity contribution in [1.29, 1.82) is 0 Å². The van der Waals surface area contributed by atoms with Gasteiger partial charge in [-0.3, -0.25) is 4.90 Å². The molecule has 2 heterocycles. The molecule has 0 radical (unpaired) electrons. The fourth-order valence-electron chi connectivity index (χ4n) is 1.42. The Morgan fingerprint density at radius 2 is 2.36 bits per heavy atom. The first-order valence-electron chi connectivity index (χ1n) is 4.19. The van der Waals surface area contributed by atoms with Gasteiger partial charge in [0.2, 0.25) is 5.69 Å². The Morgan fingerprint density at radius 1 is 1.64 bits per heavy atom. The number of hydrogen-bond acceptors (Lipinski definition) is 6. The summed E-state index contributed by atoms with van der Waals surface area (Å²) in [5, 5.41) is 15.5. The van der Waals surface area contributed by atoms with Crippen molar-refractivity contribution in [2.24, 2.45) is 5.73 Å². The lowest BCUT2D eigenvalue weighted by molar-refractivity contribution is 0.0681. The molecule has 14 heavy (non-hydrogen) atoms. The van der Waals surface area contributed by atoms with Crippen molar-refractivity contribution in [3.63, 3.8) is 0 Å². The molecule has 7 nitrogen and oxygen atoms in total. The van der Waals surface area contributed by atoms with Crippen LogP contribution in [0.5, 0.6) is 0 Å². The first-order valence-corrected chi connectivity index (χ1v) is 4.19. The topological polar surface area (TPSA) is 105 Å². The highest BCUT2D eigenvalue weighted by molar-refractivity contribution is 5.86. The molecule has 0 atom stereocenters. The smallest absolute Gasteiger partial charge is 0.360 e. The standard InChI is InChI=1S/C7H10N4O3/c8-4-1-11(2-4)3-5-6(7(12)13)10-14-9-5/h4H,1-3,8H2,(H,12,13). The van der Waals surface area contributed by atoms with E-state index in [1.54, 1.807) is 0 Å². The van der Waals surface area contributed by atoms with E-state index in [2.05, 4.69) is 14.9 Å². The molecule has 1 fully saturated rings. The molecule has 0 amide bonds. The average Bonchev–Trinajstić information content (AvgIpc) is 2.49. The van der Waals surface area contributed by atoms with Crippen LogP contribution >= 0.6 is 0 Å². The highest BCUT2D eigenvalue weighted by Gasteiger charge is 2.26. The molecule has 3 N–H and O–H groups in total. The Bertz CT molecular complexity index is 344. The maximum Gasteiger partial charge on any atom is 0.360 e. The fourth-order valence-corrected chi connectivity index (χ4v) is 1.42. The maximum atomic E-state index is 10.6. The van der Waals surface area contributed by atoms with E-state index in [1.165, 1.54) is 0 Å². The number of nitrogens with two attached hydrogens (primary N) is 1. The Labute approximate surface area is 79.4 Å². The van der Waals surface area contributed by atoms with Crippen LogP contribution in [0.2, 0.25) is 0 Å². The predicted octanol–water partition coefficient (Wildman–Crippen LogP) is -1.09. The molecule has 1 aromatic heterocycles. The zero-order valence-corrected chi connectivity index (χ0v) is 7.38. The molecule has 0 unspecified atom stereocenters. The van der Waals surface area contributed by atoms with Gasteiger partial charge < -0.3 is 10.8 Å². The second kappa shape index (κ2) is 3.35. The van der Waals surface area contributed by atoms with Gasteiger partial charge in [-0.1, -0.05) is 5.16 Å². The summed E-state index contributed by atoms with van der Waals surface area (Å²) in [4.78, 5) is 12.6. The molecule has 0 aromatic carbocycles. The number of carbonyl (C=O) groups is 1.